The first-order valence-corrected chi connectivity index (χ1v) is 6.84. The van der Waals surface area contributed by atoms with Crippen LogP contribution < -0.4 is 10.6 Å². The highest BCUT2D eigenvalue weighted by molar-refractivity contribution is 6.43. The standard InChI is InChI=1S/C17H15N3O2/c1-2-12-6-8-14(9-7-12)19-16(21)17(22)20-15-5-3-4-13(10-15)11-18/h3-10H,2H2,1H3,(H,19,21)(H,20,22). The molecule has 5 heteroatoms. The second kappa shape index (κ2) is 7.04. The summed E-state index contributed by atoms with van der Waals surface area (Å²) >= 11 is 0. The van der Waals surface area contributed by atoms with Gasteiger partial charge in [-0.1, -0.05) is 25.1 Å². The number of anilines is 2. The van der Waals surface area contributed by atoms with Crippen LogP contribution in [0.3, 0.4) is 0 Å². The van der Waals surface area contributed by atoms with Crippen molar-refractivity contribution in [3.63, 3.8) is 0 Å². The molecule has 0 heterocycles. The molecule has 2 N–H and O–H groups in total. The molecule has 0 saturated heterocycles. The van der Waals surface area contributed by atoms with Crippen LogP contribution in [0.5, 0.6) is 0 Å². The maximum Gasteiger partial charge on any atom is 0.314 e. The highest BCUT2D eigenvalue weighted by atomic mass is 16.2. The van der Waals surface area contributed by atoms with Crippen LogP contribution in [-0.4, -0.2) is 11.8 Å². The van der Waals surface area contributed by atoms with E-state index in [2.05, 4.69) is 10.6 Å². The van der Waals surface area contributed by atoms with Crippen LogP contribution in [0, 0.1) is 11.3 Å². The van der Waals surface area contributed by atoms with Crippen molar-refractivity contribution in [2.45, 2.75) is 13.3 Å². The second-order valence-corrected chi connectivity index (χ2v) is 4.65. The lowest BCUT2D eigenvalue weighted by Gasteiger charge is -2.07. The molecule has 0 bridgehead atoms. The molecule has 0 spiro atoms. The molecule has 2 amide bonds. The van der Waals surface area contributed by atoms with Gasteiger partial charge >= 0.3 is 11.8 Å². The Kier molecular flexibility index (Phi) is 4.89. The molecule has 0 radical (unpaired) electrons. The highest BCUT2D eigenvalue weighted by Crippen LogP contribution is 2.12. The molecular formula is C17H15N3O2. The summed E-state index contributed by atoms with van der Waals surface area (Å²) in [5.41, 5.74) is 2.52. The molecule has 0 atom stereocenters. The van der Waals surface area contributed by atoms with Crippen molar-refractivity contribution < 1.29 is 9.59 Å². The van der Waals surface area contributed by atoms with E-state index in [1.165, 1.54) is 6.07 Å². The Morgan fingerprint density at radius 3 is 2.23 bits per heavy atom. The lowest BCUT2D eigenvalue weighted by molar-refractivity contribution is -0.132. The van der Waals surface area contributed by atoms with Gasteiger partial charge in [0.15, 0.2) is 0 Å². The molecule has 0 aliphatic heterocycles. The molecule has 0 aliphatic carbocycles. The Morgan fingerprint density at radius 1 is 1.00 bits per heavy atom. The zero-order valence-corrected chi connectivity index (χ0v) is 12.1. The van der Waals surface area contributed by atoms with Crippen LogP contribution in [0.4, 0.5) is 11.4 Å². The van der Waals surface area contributed by atoms with E-state index < -0.39 is 11.8 Å². The Hall–Kier alpha value is -3.13. The second-order valence-electron chi connectivity index (χ2n) is 4.65. The number of carbonyl (C=O) groups excluding carboxylic acids is 2. The van der Waals surface area contributed by atoms with Gasteiger partial charge in [-0.25, -0.2) is 0 Å². The Morgan fingerprint density at radius 2 is 1.64 bits per heavy atom. The molecule has 2 rings (SSSR count). The van der Waals surface area contributed by atoms with Crippen LogP contribution in [0.25, 0.3) is 0 Å². The van der Waals surface area contributed by atoms with Gasteiger partial charge in [0.1, 0.15) is 0 Å². The topological polar surface area (TPSA) is 82.0 Å². The van der Waals surface area contributed by atoms with Crippen molar-refractivity contribution in [3.8, 4) is 6.07 Å². The molecular weight excluding hydrogens is 278 g/mol. The fourth-order valence-corrected chi connectivity index (χ4v) is 1.87. The molecule has 0 saturated carbocycles. The Bertz CT molecular complexity index is 730. The van der Waals surface area contributed by atoms with Crippen LogP contribution in [0.2, 0.25) is 0 Å². The summed E-state index contributed by atoms with van der Waals surface area (Å²) in [5, 5.41) is 13.8. The van der Waals surface area contributed by atoms with Gasteiger partial charge in [0.2, 0.25) is 0 Å². The van der Waals surface area contributed by atoms with Gasteiger partial charge in [0.05, 0.1) is 11.6 Å². The molecule has 0 unspecified atom stereocenters. The van der Waals surface area contributed by atoms with Crippen LogP contribution in [-0.2, 0) is 16.0 Å². The zero-order chi connectivity index (χ0) is 15.9. The van der Waals surface area contributed by atoms with Crippen molar-refractivity contribution in [2.24, 2.45) is 0 Å². The van der Waals surface area contributed by atoms with Gasteiger partial charge in [-0.3, -0.25) is 9.59 Å². The molecule has 110 valence electrons. The van der Waals surface area contributed by atoms with E-state index in [1.54, 1.807) is 30.3 Å². The first-order valence-electron chi connectivity index (χ1n) is 6.84. The third-order valence-electron chi connectivity index (χ3n) is 3.08. The van der Waals surface area contributed by atoms with Crippen LogP contribution >= 0.6 is 0 Å². The van der Waals surface area contributed by atoms with E-state index in [0.717, 1.165) is 12.0 Å². The van der Waals surface area contributed by atoms with E-state index in [1.807, 2.05) is 25.1 Å². The Labute approximate surface area is 128 Å². The number of rotatable bonds is 3. The monoisotopic (exact) mass is 293 g/mol. The highest BCUT2D eigenvalue weighted by Gasteiger charge is 2.14. The van der Waals surface area contributed by atoms with E-state index in [0.29, 0.717) is 16.9 Å². The van der Waals surface area contributed by atoms with Gasteiger partial charge in [0, 0.05) is 11.4 Å². The minimum Gasteiger partial charge on any atom is -0.318 e. The number of aryl methyl sites for hydroxylation is 1. The summed E-state index contributed by atoms with van der Waals surface area (Å²) in [6, 6.07) is 15.6. The van der Waals surface area contributed by atoms with E-state index >= 15 is 0 Å². The first kappa shape index (κ1) is 15.3. The smallest absolute Gasteiger partial charge is 0.314 e. The minimum atomic E-state index is -0.783. The molecule has 2 aromatic carbocycles. The van der Waals surface area contributed by atoms with E-state index in [4.69, 9.17) is 5.26 Å². The molecule has 22 heavy (non-hydrogen) atoms. The summed E-state index contributed by atoms with van der Waals surface area (Å²) in [6.45, 7) is 2.04. The van der Waals surface area contributed by atoms with Crippen molar-refractivity contribution in [1.29, 1.82) is 5.26 Å². The fourth-order valence-electron chi connectivity index (χ4n) is 1.87. The molecule has 0 aromatic heterocycles. The number of hydrogen-bond acceptors (Lipinski definition) is 3. The lowest BCUT2D eigenvalue weighted by Crippen LogP contribution is -2.29. The van der Waals surface area contributed by atoms with Crippen molar-refractivity contribution in [2.75, 3.05) is 10.6 Å². The fraction of sp³-hybridized carbons (Fsp3) is 0.118. The number of nitriles is 1. The van der Waals surface area contributed by atoms with Gasteiger partial charge < -0.3 is 10.6 Å². The third kappa shape index (κ3) is 3.93. The molecule has 5 nitrogen and oxygen atoms in total. The quantitative estimate of drug-likeness (QED) is 0.854. The number of nitrogens with zero attached hydrogens (tertiary/aromatic N) is 1. The number of nitrogens with one attached hydrogen (secondary N) is 2. The average Bonchev–Trinajstić information content (AvgIpc) is 2.55. The summed E-state index contributed by atoms with van der Waals surface area (Å²) in [5.74, 6) is -1.54. The van der Waals surface area contributed by atoms with E-state index in [-0.39, 0.29) is 0 Å². The predicted molar refractivity (Wildman–Crippen MR) is 84.2 cm³/mol. The number of benzene rings is 2. The summed E-state index contributed by atoms with van der Waals surface area (Å²) in [4.78, 5) is 23.7. The Balaban J connectivity index is 1.99. The van der Waals surface area contributed by atoms with Crippen molar-refractivity contribution in [1.82, 2.24) is 0 Å². The maximum atomic E-state index is 11.8. The summed E-state index contributed by atoms with van der Waals surface area (Å²) in [7, 11) is 0. The van der Waals surface area contributed by atoms with Crippen molar-refractivity contribution in [3.05, 3.63) is 59.7 Å². The maximum absolute atomic E-state index is 11.8. The predicted octanol–water partition coefficient (Wildman–Crippen LogP) is 2.70. The lowest BCUT2D eigenvalue weighted by atomic mass is 10.1. The zero-order valence-electron chi connectivity index (χ0n) is 12.1. The third-order valence-corrected chi connectivity index (χ3v) is 3.08. The van der Waals surface area contributed by atoms with Gasteiger partial charge in [0.25, 0.3) is 0 Å². The van der Waals surface area contributed by atoms with Crippen LogP contribution in [0.15, 0.2) is 48.5 Å². The first-order chi connectivity index (χ1) is 10.6. The van der Waals surface area contributed by atoms with Gasteiger partial charge in [-0.05, 0) is 42.3 Å². The van der Waals surface area contributed by atoms with E-state index in [9.17, 15) is 9.59 Å². The summed E-state index contributed by atoms with van der Waals surface area (Å²) < 4.78 is 0. The number of amides is 2. The minimum absolute atomic E-state index is 0.403. The van der Waals surface area contributed by atoms with Gasteiger partial charge in [-0.2, -0.15) is 5.26 Å². The largest absolute Gasteiger partial charge is 0.318 e. The normalized spacial score (nSPS) is 9.64. The summed E-state index contributed by atoms with van der Waals surface area (Å²) in [6.07, 6.45) is 0.907. The van der Waals surface area contributed by atoms with Crippen LogP contribution in [0.1, 0.15) is 18.1 Å². The molecule has 0 fully saturated rings. The molecule has 0 aliphatic rings. The average molecular weight is 293 g/mol. The SMILES string of the molecule is CCc1ccc(NC(=O)C(=O)Nc2cccc(C#N)c2)cc1. The molecule has 2 aromatic rings. The number of hydrogen-bond donors (Lipinski definition) is 2. The van der Waals surface area contributed by atoms with Gasteiger partial charge in [-0.15, -0.1) is 0 Å². The number of carbonyl (C=O) groups is 2. The van der Waals surface area contributed by atoms with Crippen molar-refractivity contribution >= 4 is 23.2 Å².